The number of hydrogen-bond donors (Lipinski definition) is 2. The average molecular weight is 263 g/mol. The van der Waals surface area contributed by atoms with Gasteiger partial charge in [-0.1, -0.05) is 0 Å². The van der Waals surface area contributed by atoms with Crippen molar-refractivity contribution in [1.29, 1.82) is 0 Å². The van der Waals surface area contributed by atoms with Gasteiger partial charge in [0.2, 0.25) is 5.91 Å². The summed E-state index contributed by atoms with van der Waals surface area (Å²) in [7, 11) is 0. The molecule has 2 saturated carbocycles. The van der Waals surface area contributed by atoms with Gasteiger partial charge in [0.1, 0.15) is 17.6 Å². The van der Waals surface area contributed by atoms with Gasteiger partial charge in [-0.25, -0.2) is 4.79 Å². The van der Waals surface area contributed by atoms with Crippen molar-refractivity contribution in [2.75, 3.05) is 0 Å². The molecule has 2 N–H and O–H groups in total. The zero-order valence-electron chi connectivity index (χ0n) is 10.1. The predicted molar refractivity (Wildman–Crippen MR) is 61.1 cm³/mol. The van der Waals surface area contributed by atoms with E-state index in [1.165, 1.54) is 6.26 Å². The van der Waals surface area contributed by atoms with Crippen LogP contribution in [0.15, 0.2) is 10.7 Å². The third-order valence-electron chi connectivity index (χ3n) is 4.78. The van der Waals surface area contributed by atoms with Gasteiger partial charge in [0.05, 0.1) is 24.6 Å². The van der Waals surface area contributed by atoms with Crippen molar-refractivity contribution in [2.24, 2.45) is 11.3 Å². The Bertz CT molecular complexity index is 606. The monoisotopic (exact) mass is 263 g/mol. The first-order valence-corrected chi connectivity index (χ1v) is 6.33. The Hall–Kier alpha value is -1.82. The molecule has 0 aromatic carbocycles. The molecule has 2 heterocycles. The van der Waals surface area contributed by atoms with Crippen molar-refractivity contribution in [3.8, 4) is 0 Å². The molecule has 0 bridgehead atoms. The summed E-state index contributed by atoms with van der Waals surface area (Å²) in [5.74, 6) is -0.309. The Morgan fingerprint density at radius 1 is 1.37 bits per heavy atom. The van der Waals surface area contributed by atoms with E-state index >= 15 is 0 Å². The van der Waals surface area contributed by atoms with Crippen LogP contribution >= 0.6 is 0 Å². The van der Waals surface area contributed by atoms with Crippen LogP contribution in [0.25, 0.3) is 0 Å². The van der Waals surface area contributed by atoms with E-state index in [1.807, 2.05) is 0 Å². The lowest BCUT2D eigenvalue weighted by atomic mass is 9.81. The van der Waals surface area contributed by atoms with Crippen molar-refractivity contribution < 1.29 is 24.2 Å². The highest BCUT2D eigenvalue weighted by molar-refractivity contribution is 5.91. The van der Waals surface area contributed by atoms with Gasteiger partial charge in [0.15, 0.2) is 0 Å². The fourth-order valence-electron chi connectivity index (χ4n) is 3.55. The summed E-state index contributed by atoms with van der Waals surface area (Å²) in [6, 6.07) is 0. The summed E-state index contributed by atoms with van der Waals surface area (Å²) in [5, 5.41) is 18.5. The zero-order valence-corrected chi connectivity index (χ0v) is 10.1. The van der Waals surface area contributed by atoms with Crippen LogP contribution in [0.1, 0.15) is 34.5 Å². The molecule has 1 aromatic rings. The fraction of sp³-hybridized carbons (Fsp3) is 0.538. The van der Waals surface area contributed by atoms with Gasteiger partial charge in [-0.2, -0.15) is 0 Å². The maximum Gasteiger partial charge on any atom is 0.339 e. The van der Waals surface area contributed by atoms with E-state index < -0.39 is 5.97 Å². The van der Waals surface area contributed by atoms with Crippen molar-refractivity contribution in [1.82, 2.24) is 4.90 Å². The van der Waals surface area contributed by atoms with E-state index in [1.54, 1.807) is 4.90 Å². The second kappa shape index (κ2) is 3.19. The summed E-state index contributed by atoms with van der Waals surface area (Å²) in [6.07, 6.45) is 2.20. The molecule has 0 saturated heterocycles. The Morgan fingerprint density at radius 3 is 2.74 bits per heavy atom. The summed E-state index contributed by atoms with van der Waals surface area (Å²) in [4.78, 5) is 25.1. The van der Waals surface area contributed by atoms with Crippen LogP contribution in [-0.2, 0) is 17.9 Å². The molecule has 0 radical (unpaired) electrons. The molecule has 4 rings (SSSR count). The number of amides is 1. The highest BCUT2D eigenvalue weighted by Crippen LogP contribution is 2.68. The quantitative estimate of drug-likeness (QED) is 0.815. The number of furan rings is 1. The normalized spacial score (nSPS) is 34.5. The van der Waals surface area contributed by atoms with Gasteiger partial charge in [0.25, 0.3) is 0 Å². The Balaban J connectivity index is 1.55. The molecule has 1 aromatic heterocycles. The van der Waals surface area contributed by atoms with E-state index in [4.69, 9.17) is 9.52 Å². The first-order chi connectivity index (χ1) is 9.03. The first kappa shape index (κ1) is 11.0. The molecule has 3 atom stereocenters. The van der Waals surface area contributed by atoms with E-state index in [0.29, 0.717) is 30.8 Å². The van der Waals surface area contributed by atoms with Crippen LogP contribution in [0, 0.1) is 11.3 Å². The predicted octanol–water partition coefficient (Wildman–Crippen LogP) is 0.591. The largest absolute Gasteiger partial charge is 0.478 e. The van der Waals surface area contributed by atoms with Crippen LogP contribution in [-0.4, -0.2) is 33.1 Å². The van der Waals surface area contributed by atoms with Crippen LogP contribution in [0.3, 0.4) is 0 Å². The number of aliphatic hydroxyl groups excluding tert-OH is 1. The topological polar surface area (TPSA) is 91.0 Å². The highest BCUT2D eigenvalue weighted by Gasteiger charge is 2.72. The minimum absolute atomic E-state index is 0.0329. The number of hydrogen-bond acceptors (Lipinski definition) is 4. The number of fused-ring (bicyclic) bond motifs is 2. The number of carboxylic acid groups (broad SMARTS) is 1. The number of carbonyl (C=O) groups excluding carboxylic acids is 1. The molecule has 100 valence electrons. The van der Waals surface area contributed by atoms with Crippen molar-refractivity contribution >= 4 is 11.9 Å². The molecule has 1 amide bonds. The SMILES string of the molecule is O=C(O)c1coc2c1CN(C(=O)[C@]13C[C@@H](O)[C@H]1C3)C2. The van der Waals surface area contributed by atoms with Gasteiger partial charge in [-0.3, -0.25) is 4.79 Å². The Morgan fingerprint density at radius 2 is 2.16 bits per heavy atom. The second-order valence-electron chi connectivity index (χ2n) is 5.76. The molecule has 1 aliphatic heterocycles. The minimum Gasteiger partial charge on any atom is -0.478 e. The summed E-state index contributed by atoms with van der Waals surface area (Å²) in [6.45, 7) is 0.642. The number of rotatable bonds is 2. The van der Waals surface area contributed by atoms with E-state index in [-0.39, 0.29) is 28.9 Å². The van der Waals surface area contributed by atoms with Gasteiger partial charge in [-0.05, 0) is 12.8 Å². The van der Waals surface area contributed by atoms with Crippen LogP contribution in [0.2, 0.25) is 0 Å². The third kappa shape index (κ3) is 1.24. The molecule has 0 spiro atoms. The van der Waals surface area contributed by atoms with Crippen LogP contribution in [0.5, 0.6) is 0 Å². The van der Waals surface area contributed by atoms with Crippen LogP contribution in [0.4, 0.5) is 0 Å². The van der Waals surface area contributed by atoms with E-state index in [0.717, 1.165) is 6.42 Å². The van der Waals surface area contributed by atoms with Gasteiger partial charge in [-0.15, -0.1) is 0 Å². The van der Waals surface area contributed by atoms with Crippen molar-refractivity contribution in [2.45, 2.75) is 32.0 Å². The van der Waals surface area contributed by atoms with Gasteiger partial charge in [0, 0.05) is 11.5 Å². The summed E-state index contributed by atoms with van der Waals surface area (Å²) < 4.78 is 5.22. The average Bonchev–Trinajstić information content (AvgIpc) is 2.68. The smallest absolute Gasteiger partial charge is 0.339 e. The standard InChI is InChI=1S/C13H13NO5/c15-9-2-13(1-8(9)13)12(18)14-3-6-7(11(16)17)5-19-10(6)4-14/h5,8-9,15H,1-4H2,(H,16,17)/t8-,9-,13-/m1/s1. The summed E-state index contributed by atoms with van der Waals surface area (Å²) >= 11 is 0. The summed E-state index contributed by atoms with van der Waals surface area (Å²) in [5.41, 5.74) is 0.393. The molecular weight excluding hydrogens is 250 g/mol. The number of carboxylic acids is 1. The van der Waals surface area contributed by atoms with E-state index in [9.17, 15) is 14.7 Å². The molecule has 6 heteroatoms. The molecule has 19 heavy (non-hydrogen) atoms. The van der Waals surface area contributed by atoms with Crippen molar-refractivity contribution in [3.63, 3.8) is 0 Å². The third-order valence-corrected chi connectivity index (χ3v) is 4.78. The zero-order chi connectivity index (χ0) is 13.4. The van der Waals surface area contributed by atoms with E-state index in [2.05, 4.69) is 0 Å². The molecule has 2 aliphatic carbocycles. The number of carbonyl (C=O) groups is 2. The molecule has 2 fully saturated rings. The lowest BCUT2D eigenvalue weighted by Gasteiger charge is -2.32. The number of nitrogens with zero attached hydrogens (tertiary/aromatic N) is 1. The van der Waals surface area contributed by atoms with Crippen LogP contribution < -0.4 is 0 Å². The molecular formula is C13H13NO5. The highest BCUT2D eigenvalue weighted by atomic mass is 16.4. The lowest BCUT2D eigenvalue weighted by molar-refractivity contribution is -0.145. The Labute approximate surface area is 108 Å². The molecule has 6 nitrogen and oxygen atoms in total. The number of aliphatic hydroxyl groups is 1. The maximum atomic E-state index is 12.4. The first-order valence-electron chi connectivity index (χ1n) is 6.33. The molecule has 3 aliphatic rings. The Kier molecular flexibility index (Phi) is 1.86. The van der Waals surface area contributed by atoms with Gasteiger partial charge < -0.3 is 19.5 Å². The number of aromatic carboxylic acids is 1. The van der Waals surface area contributed by atoms with Crippen molar-refractivity contribution in [3.05, 3.63) is 23.2 Å². The maximum absolute atomic E-state index is 12.4. The second-order valence-corrected chi connectivity index (χ2v) is 5.76. The lowest BCUT2D eigenvalue weighted by Crippen LogP contribution is -2.43. The van der Waals surface area contributed by atoms with Gasteiger partial charge >= 0.3 is 5.97 Å². The molecule has 0 unspecified atom stereocenters. The fourth-order valence-corrected chi connectivity index (χ4v) is 3.55. The minimum atomic E-state index is -1.03.